The monoisotopic (exact) mass is 284 g/mol. The summed E-state index contributed by atoms with van der Waals surface area (Å²) in [5.41, 5.74) is -0.252. The molecular weight excluding hydrogens is 264 g/mol. The van der Waals surface area contributed by atoms with Gasteiger partial charge in [0.05, 0.1) is 18.0 Å². The smallest absolute Gasteiger partial charge is 0.153 e. The van der Waals surface area contributed by atoms with Gasteiger partial charge >= 0.3 is 0 Å². The second kappa shape index (κ2) is 5.13. The molecule has 0 aromatic heterocycles. The molecule has 19 heavy (non-hydrogen) atoms. The molecule has 1 aliphatic carbocycles. The van der Waals surface area contributed by atoms with Crippen LogP contribution in [0.5, 0.6) is 5.75 Å². The van der Waals surface area contributed by atoms with Gasteiger partial charge in [0.25, 0.3) is 0 Å². The second-order valence-electron chi connectivity index (χ2n) is 5.34. The van der Waals surface area contributed by atoms with Gasteiger partial charge in [-0.05, 0) is 37.0 Å². The van der Waals surface area contributed by atoms with Crippen LogP contribution in [0.25, 0.3) is 0 Å². The molecule has 1 aliphatic rings. The van der Waals surface area contributed by atoms with Crippen molar-refractivity contribution in [2.45, 2.75) is 36.5 Å². The normalized spacial score (nSPS) is 27.4. The van der Waals surface area contributed by atoms with Gasteiger partial charge in [-0.25, -0.2) is 8.42 Å². The van der Waals surface area contributed by atoms with E-state index < -0.39 is 20.7 Å². The molecule has 2 unspecified atom stereocenters. The van der Waals surface area contributed by atoms with Crippen molar-refractivity contribution < 1.29 is 18.3 Å². The summed E-state index contributed by atoms with van der Waals surface area (Å²) in [5.74, 6) is 0.718. The Kier molecular flexibility index (Phi) is 3.87. The Bertz CT molecular complexity index is 552. The summed E-state index contributed by atoms with van der Waals surface area (Å²) in [6, 6.07) is 7.41. The van der Waals surface area contributed by atoms with Crippen molar-refractivity contribution in [3.8, 4) is 5.75 Å². The van der Waals surface area contributed by atoms with Gasteiger partial charge in [0.2, 0.25) is 0 Å². The van der Waals surface area contributed by atoms with Gasteiger partial charge < -0.3 is 9.84 Å². The van der Waals surface area contributed by atoms with E-state index in [1.165, 1.54) is 6.26 Å². The largest absolute Gasteiger partial charge is 0.497 e. The first-order valence-electron chi connectivity index (χ1n) is 6.39. The third kappa shape index (κ3) is 3.09. The Morgan fingerprint density at radius 2 is 2.21 bits per heavy atom. The highest BCUT2D eigenvalue weighted by atomic mass is 32.2. The van der Waals surface area contributed by atoms with E-state index in [4.69, 9.17) is 4.74 Å². The zero-order valence-corrected chi connectivity index (χ0v) is 12.1. The molecule has 2 atom stereocenters. The van der Waals surface area contributed by atoms with Crippen LogP contribution < -0.4 is 4.74 Å². The number of rotatable bonds is 4. The highest BCUT2D eigenvalue weighted by Crippen LogP contribution is 2.37. The number of sulfone groups is 1. The lowest BCUT2D eigenvalue weighted by molar-refractivity contribution is 0.0512. The average molecular weight is 284 g/mol. The number of hydrogen-bond donors (Lipinski definition) is 1. The Morgan fingerprint density at radius 3 is 2.84 bits per heavy atom. The molecule has 0 saturated heterocycles. The summed E-state index contributed by atoms with van der Waals surface area (Å²) >= 11 is 0. The first-order valence-corrected chi connectivity index (χ1v) is 8.35. The molecule has 0 aliphatic heterocycles. The Morgan fingerprint density at radius 1 is 1.47 bits per heavy atom. The number of hydrogen-bond acceptors (Lipinski definition) is 4. The summed E-state index contributed by atoms with van der Waals surface area (Å²) in [5, 5.41) is 10.0. The van der Waals surface area contributed by atoms with E-state index in [0.29, 0.717) is 19.3 Å². The van der Waals surface area contributed by atoms with E-state index in [-0.39, 0.29) is 0 Å². The predicted molar refractivity (Wildman–Crippen MR) is 74.1 cm³/mol. The summed E-state index contributed by atoms with van der Waals surface area (Å²) in [6.07, 6.45) is 3.38. The molecule has 106 valence electrons. The highest BCUT2D eigenvalue weighted by Gasteiger charge is 2.46. The van der Waals surface area contributed by atoms with Crippen molar-refractivity contribution in [1.82, 2.24) is 0 Å². The van der Waals surface area contributed by atoms with Crippen LogP contribution in [0.1, 0.15) is 24.8 Å². The van der Waals surface area contributed by atoms with Crippen molar-refractivity contribution in [2.24, 2.45) is 0 Å². The minimum Gasteiger partial charge on any atom is -0.497 e. The highest BCUT2D eigenvalue weighted by molar-refractivity contribution is 7.91. The lowest BCUT2D eigenvalue weighted by atomic mass is 9.92. The molecule has 1 fully saturated rings. The number of ether oxygens (including phenoxy) is 1. The van der Waals surface area contributed by atoms with Crippen LogP contribution in [0.15, 0.2) is 24.3 Å². The SMILES string of the molecule is COc1cccc(CC2(O)CCCC2S(C)(=O)=O)c1. The number of aliphatic hydroxyl groups is 1. The summed E-state index contributed by atoms with van der Waals surface area (Å²) < 4.78 is 28.7. The van der Waals surface area contributed by atoms with Gasteiger partial charge in [-0.2, -0.15) is 0 Å². The fourth-order valence-corrected chi connectivity index (χ4v) is 4.57. The predicted octanol–water partition coefficient (Wildman–Crippen LogP) is 1.57. The van der Waals surface area contributed by atoms with Crippen LogP contribution >= 0.6 is 0 Å². The molecule has 1 saturated carbocycles. The molecule has 0 spiro atoms. The van der Waals surface area contributed by atoms with Crippen LogP contribution in [-0.2, 0) is 16.3 Å². The topological polar surface area (TPSA) is 63.6 Å². The minimum atomic E-state index is -3.23. The van der Waals surface area contributed by atoms with E-state index in [9.17, 15) is 13.5 Å². The molecule has 1 N–H and O–H groups in total. The van der Waals surface area contributed by atoms with Crippen molar-refractivity contribution >= 4 is 9.84 Å². The van der Waals surface area contributed by atoms with E-state index >= 15 is 0 Å². The van der Waals surface area contributed by atoms with Gasteiger partial charge in [-0.3, -0.25) is 0 Å². The molecule has 0 bridgehead atoms. The molecular formula is C14H20O4S. The molecule has 5 heteroatoms. The van der Waals surface area contributed by atoms with Gasteiger partial charge in [-0.15, -0.1) is 0 Å². The third-order valence-electron chi connectivity index (χ3n) is 3.84. The molecule has 0 radical (unpaired) electrons. The number of benzene rings is 1. The van der Waals surface area contributed by atoms with Gasteiger partial charge in [0.15, 0.2) is 9.84 Å². The zero-order chi connectivity index (χ0) is 14.1. The fourth-order valence-electron chi connectivity index (χ4n) is 2.97. The summed E-state index contributed by atoms with van der Waals surface area (Å²) in [4.78, 5) is 0. The molecule has 0 amide bonds. The van der Waals surface area contributed by atoms with Gasteiger partial charge in [0.1, 0.15) is 5.75 Å². The Balaban J connectivity index is 2.25. The average Bonchev–Trinajstić information content (AvgIpc) is 2.71. The van der Waals surface area contributed by atoms with Crippen molar-refractivity contribution in [1.29, 1.82) is 0 Å². The molecule has 1 aromatic rings. The van der Waals surface area contributed by atoms with Crippen LogP contribution in [0.2, 0.25) is 0 Å². The maximum atomic E-state index is 11.8. The van der Waals surface area contributed by atoms with Crippen LogP contribution in [0, 0.1) is 0 Å². The minimum absolute atomic E-state index is 0.349. The van der Waals surface area contributed by atoms with E-state index in [2.05, 4.69) is 0 Å². The van der Waals surface area contributed by atoms with E-state index in [1.54, 1.807) is 7.11 Å². The lowest BCUT2D eigenvalue weighted by Crippen LogP contribution is -2.44. The number of methoxy groups -OCH3 is 1. The second-order valence-corrected chi connectivity index (χ2v) is 7.57. The molecule has 1 aromatic carbocycles. The van der Waals surface area contributed by atoms with E-state index in [0.717, 1.165) is 17.7 Å². The van der Waals surface area contributed by atoms with Crippen LogP contribution in [0.4, 0.5) is 0 Å². The molecule has 0 heterocycles. The van der Waals surface area contributed by atoms with Crippen molar-refractivity contribution in [3.05, 3.63) is 29.8 Å². The maximum Gasteiger partial charge on any atom is 0.153 e. The van der Waals surface area contributed by atoms with Crippen molar-refractivity contribution in [2.75, 3.05) is 13.4 Å². The first kappa shape index (κ1) is 14.3. The summed E-state index contributed by atoms with van der Waals surface area (Å²) in [7, 11) is -1.64. The Hall–Kier alpha value is -1.07. The zero-order valence-electron chi connectivity index (χ0n) is 11.3. The molecule has 4 nitrogen and oxygen atoms in total. The molecule has 2 rings (SSSR count). The maximum absolute atomic E-state index is 11.8. The Labute approximate surface area is 114 Å². The summed E-state index contributed by atoms with van der Waals surface area (Å²) in [6.45, 7) is 0. The quantitative estimate of drug-likeness (QED) is 0.911. The van der Waals surface area contributed by atoms with Gasteiger partial charge in [0, 0.05) is 12.7 Å². The van der Waals surface area contributed by atoms with Crippen LogP contribution in [0.3, 0.4) is 0 Å². The standard InChI is InChI=1S/C14H20O4S/c1-18-12-6-3-5-11(9-12)10-14(15)8-4-7-13(14)19(2,16)17/h3,5-6,9,13,15H,4,7-8,10H2,1-2H3. The third-order valence-corrected chi connectivity index (χ3v) is 5.54. The lowest BCUT2D eigenvalue weighted by Gasteiger charge is -2.29. The first-order chi connectivity index (χ1) is 8.85. The fraction of sp³-hybridized carbons (Fsp3) is 0.571. The van der Waals surface area contributed by atoms with Gasteiger partial charge in [-0.1, -0.05) is 12.1 Å². The van der Waals surface area contributed by atoms with E-state index in [1.807, 2.05) is 24.3 Å². The van der Waals surface area contributed by atoms with Crippen LogP contribution in [-0.4, -0.2) is 37.7 Å². The van der Waals surface area contributed by atoms with Crippen molar-refractivity contribution in [3.63, 3.8) is 0 Å².